The van der Waals surface area contributed by atoms with E-state index in [0.29, 0.717) is 4.88 Å². The molecule has 1 aliphatic rings. The SMILES string of the molecule is CCc1nnsc1C(=O)NC1(CBr)CCCC1. The molecule has 2 rings (SSSR count). The molecule has 0 aliphatic heterocycles. The Hall–Kier alpha value is -0.490. The maximum atomic E-state index is 12.2. The standard InChI is InChI=1S/C11H16BrN3OS/c1-2-8-9(17-15-14-8)10(16)13-11(7-12)5-3-4-6-11/h2-7H2,1H3,(H,13,16). The summed E-state index contributed by atoms with van der Waals surface area (Å²) in [4.78, 5) is 12.9. The lowest BCUT2D eigenvalue weighted by molar-refractivity contribution is 0.0913. The van der Waals surface area contributed by atoms with Crippen LogP contribution < -0.4 is 5.32 Å². The first-order chi connectivity index (χ1) is 8.21. The fourth-order valence-corrected chi connectivity index (χ4v) is 3.60. The van der Waals surface area contributed by atoms with E-state index in [0.717, 1.165) is 30.3 Å². The maximum absolute atomic E-state index is 12.2. The average Bonchev–Trinajstić information content (AvgIpc) is 2.97. The van der Waals surface area contributed by atoms with E-state index in [1.165, 1.54) is 24.4 Å². The number of amides is 1. The molecule has 0 spiro atoms. The van der Waals surface area contributed by atoms with E-state index in [1.807, 2.05) is 6.92 Å². The van der Waals surface area contributed by atoms with Crippen LogP contribution >= 0.6 is 27.5 Å². The van der Waals surface area contributed by atoms with Crippen molar-refractivity contribution >= 4 is 33.4 Å². The Morgan fingerprint density at radius 3 is 2.82 bits per heavy atom. The molecule has 1 amide bonds. The molecule has 4 nitrogen and oxygen atoms in total. The summed E-state index contributed by atoms with van der Waals surface area (Å²) in [6.07, 6.45) is 5.23. The van der Waals surface area contributed by atoms with Gasteiger partial charge in [0.05, 0.1) is 11.2 Å². The summed E-state index contributed by atoms with van der Waals surface area (Å²) in [5.41, 5.74) is 0.738. The maximum Gasteiger partial charge on any atom is 0.265 e. The lowest BCUT2D eigenvalue weighted by atomic mass is 10.0. The molecule has 6 heteroatoms. The minimum Gasteiger partial charge on any atom is -0.345 e. The van der Waals surface area contributed by atoms with Gasteiger partial charge in [0.15, 0.2) is 0 Å². The molecule has 0 unspecified atom stereocenters. The van der Waals surface area contributed by atoms with Crippen LogP contribution in [0.25, 0.3) is 0 Å². The van der Waals surface area contributed by atoms with Crippen LogP contribution in [0, 0.1) is 0 Å². The van der Waals surface area contributed by atoms with Crippen molar-refractivity contribution in [3.8, 4) is 0 Å². The van der Waals surface area contributed by atoms with Crippen molar-refractivity contribution in [1.29, 1.82) is 0 Å². The average molecular weight is 318 g/mol. The predicted octanol–water partition coefficient (Wildman–Crippen LogP) is 2.54. The fraction of sp³-hybridized carbons (Fsp3) is 0.727. The van der Waals surface area contributed by atoms with Gasteiger partial charge in [0.2, 0.25) is 0 Å². The number of nitrogens with one attached hydrogen (secondary N) is 1. The molecule has 94 valence electrons. The minimum atomic E-state index is -0.0634. The van der Waals surface area contributed by atoms with Crippen LogP contribution in [0.4, 0.5) is 0 Å². The second-order valence-electron chi connectivity index (χ2n) is 4.48. The number of aromatic nitrogens is 2. The lowest BCUT2D eigenvalue weighted by Gasteiger charge is -2.27. The number of hydrogen-bond acceptors (Lipinski definition) is 4. The van der Waals surface area contributed by atoms with E-state index >= 15 is 0 Å². The molecular weight excluding hydrogens is 302 g/mol. The van der Waals surface area contributed by atoms with Gasteiger partial charge in [-0.05, 0) is 30.8 Å². The van der Waals surface area contributed by atoms with Gasteiger partial charge in [0.1, 0.15) is 4.88 Å². The van der Waals surface area contributed by atoms with Gasteiger partial charge in [0.25, 0.3) is 5.91 Å². The van der Waals surface area contributed by atoms with Gasteiger partial charge < -0.3 is 5.32 Å². The summed E-state index contributed by atoms with van der Waals surface area (Å²) >= 11 is 4.70. The first-order valence-corrected chi connectivity index (χ1v) is 7.80. The lowest BCUT2D eigenvalue weighted by Crippen LogP contribution is -2.47. The fourth-order valence-electron chi connectivity index (χ4n) is 2.25. The zero-order chi connectivity index (χ0) is 12.3. The molecule has 1 heterocycles. The normalized spacial score (nSPS) is 18.2. The number of aryl methyl sites for hydroxylation is 1. The first kappa shape index (κ1) is 13.0. The zero-order valence-corrected chi connectivity index (χ0v) is 12.2. The van der Waals surface area contributed by atoms with Crippen LogP contribution in [-0.4, -0.2) is 26.4 Å². The second kappa shape index (κ2) is 5.44. The molecule has 1 aromatic heterocycles. The highest BCUT2D eigenvalue weighted by molar-refractivity contribution is 9.09. The summed E-state index contributed by atoms with van der Waals surface area (Å²) in [5, 5.41) is 7.96. The highest BCUT2D eigenvalue weighted by Crippen LogP contribution is 2.31. The topological polar surface area (TPSA) is 54.9 Å². The number of carbonyl (C=O) groups excluding carboxylic acids is 1. The van der Waals surface area contributed by atoms with Crippen molar-refractivity contribution in [2.24, 2.45) is 0 Å². The molecule has 0 saturated heterocycles. The molecule has 1 aliphatic carbocycles. The molecular formula is C11H16BrN3OS. The Labute approximate surface area is 113 Å². The van der Waals surface area contributed by atoms with Gasteiger partial charge in [-0.25, -0.2) is 0 Å². The van der Waals surface area contributed by atoms with Gasteiger partial charge in [-0.3, -0.25) is 4.79 Å². The molecule has 17 heavy (non-hydrogen) atoms. The van der Waals surface area contributed by atoms with Gasteiger partial charge >= 0.3 is 0 Å². The predicted molar refractivity (Wildman–Crippen MR) is 71.7 cm³/mol. The van der Waals surface area contributed by atoms with Crippen molar-refractivity contribution in [1.82, 2.24) is 14.9 Å². The first-order valence-electron chi connectivity index (χ1n) is 5.90. The number of halogens is 1. The van der Waals surface area contributed by atoms with Crippen molar-refractivity contribution in [2.45, 2.75) is 44.6 Å². The Balaban J connectivity index is 2.11. The van der Waals surface area contributed by atoms with Crippen LogP contribution in [0.3, 0.4) is 0 Å². The number of rotatable bonds is 4. The van der Waals surface area contributed by atoms with E-state index in [4.69, 9.17) is 0 Å². The van der Waals surface area contributed by atoms with Crippen LogP contribution in [0.2, 0.25) is 0 Å². The molecule has 1 saturated carbocycles. The van der Waals surface area contributed by atoms with E-state index in [-0.39, 0.29) is 11.4 Å². The van der Waals surface area contributed by atoms with Crippen LogP contribution in [0.15, 0.2) is 0 Å². The monoisotopic (exact) mass is 317 g/mol. The smallest absolute Gasteiger partial charge is 0.265 e. The number of alkyl halides is 1. The molecule has 0 radical (unpaired) electrons. The minimum absolute atomic E-state index is 0.0156. The Kier molecular flexibility index (Phi) is 4.14. The van der Waals surface area contributed by atoms with Crippen molar-refractivity contribution in [3.63, 3.8) is 0 Å². The van der Waals surface area contributed by atoms with Crippen molar-refractivity contribution in [3.05, 3.63) is 10.6 Å². The molecule has 0 atom stereocenters. The third-order valence-corrected chi connectivity index (χ3v) is 5.13. The number of carbonyl (C=O) groups is 1. The highest BCUT2D eigenvalue weighted by Gasteiger charge is 2.35. The van der Waals surface area contributed by atoms with E-state index < -0.39 is 0 Å². The molecule has 0 aromatic carbocycles. The van der Waals surface area contributed by atoms with Crippen molar-refractivity contribution in [2.75, 3.05) is 5.33 Å². The second-order valence-corrected chi connectivity index (χ2v) is 5.79. The molecule has 0 bridgehead atoms. The summed E-state index contributed by atoms with van der Waals surface area (Å²) in [5.74, 6) is -0.0156. The van der Waals surface area contributed by atoms with E-state index in [9.17, 15) is 4.79 Å². The summed E-state index contributed by atoms with van der Waals surface area (Å²) < 4.78 is 3.86. The Bertz CT molecular complexity index is 401. The van der Waals surface area contributed by atoms with Gasteiger partial charge in [-0.15, -0.1) is 5.10 Å². The van der Waals surface area contributed by atoms with Gasteiger partial charge in [-0.1, -0.05) is 40.2 Å². The number of hydrogen-bond donors (Lipinski definition) is 1. The molecule has 1 N–H and O–H groups in total. The van der Waals surface area contributed by atoms with Gasteiger partial charge in [0, 0.05) is 5.33 Å². The Morgan fingerprint density at radius 1 is 1.53 bits per heavy atom. The zero-order valence-electron chi connectivity index (χ0n) is 9.83. The largest absolute Gasteiger partial charge is 0.345 e. The summed E-state index contributed by atoms with van der Waals surface area (Å²) in [6.45, 7) is 1.99. The van der Waals surface area contributed by atoms with Crippen molar-refractivity contribution < 1.29 is 4.79 Å². The third-order valence-electron chi connectivity index (χ3n) is 3.29. The Morgan fingerprint density at radius 2 is 2.24 bits per heavy atom. The molecule has 1 aromatic rings. The van der Waals surface area contributed by atoms with Crippen LogP contribution in [0.5, 0.6) is 0 Å². The van der Waals surface area contributed by atoms with E-state index in [2.05, 4.69) is 30.8 Å². The molecule has 1 fully saturated rings. The third kappa shape index (κ3) is 2.68. The highest BCUT2D eigenvalue weighted by atomic mass is 79.9. The van der Waals surface area contributed by atoms with E-state index in [1.54, 1.807) is 0 Å². The van der Waals surface area contributed by atoms with Crippen LogP contribution in [-0.2, 0) is 6.42 Å². The number of nitrogens with zero attached hydrogens (tertiary/aromatic N) is 2. The summed E-state index contributed by atoms with van der Waals surface area (Å²) in [7, 11) is 0. The van der Waals surface area contributed by atoms with Gasteiger partial charge in [-0.2, -0.15) is 0 Å². The quantitative estimate of drug-likeness (QED) is 0.868. The van der Waals surface area contributed by atoms with Crippen LogP contribution in [0.1, 0.15) is 48.0 Å². The summed E-state index contributed by atoms with van der Waals surface area (Å²) in [6, 6.07) is 0.